The van der Waals surface area contributed by atoms with Crippen LogP contribution in [-0.2, 0) is 16.1 Å². The van der Waals surface area contributed by atoms with Crippen LogP contribution in [0.4, 0.5) is 4.79 Å². The Morgan fingerprint density at radius 2 is 1.90 bits per heavy atom. The third-order valence-corrected chi connectivity index (χ3v) is 2.70. The van der Waals surface area contributed by atoms with Gasteiger partial charge in [0.05, 0.1) is 6.10 Å². The lowest BCUT2D eigenvalue weighted by Crippen LogP contribution is -2.36. The monoisotopic (exact) mass is 281 g/mol. The topological polar surface area (TPSA) is 95.9 Å². The highest BCUT2D eigenvalue weighted by Crippen LogP contribution is 2.01. The summed E-state index contributed by atoms with van der Waals surface area (Å²) in [5.74, 6) is -0.510. The van der Waals surface area contributed by atoms with Crippen LogP contribution in [-0.4, -0.2) is 40.8 Å². The summed E-state index contributed by atoms with van der Waals surface area (Å²) in [4.78, 5) is 22.2. The highest BCUT2D eigenvalue weighted by atomic mass is 16.5. The summed E-state index contributed by atoms with van der Waals surface area (Å²) >= 11 is 0. The molecule has 0 spiro atoms. The van der Waals surface area contributed by atoms with Crippen molar-refractivity contribution in [1.29, 1.82) is 0 Å². The van der Waals surface area contributed by atoms with Gasteiger partial charge in [-0.3, -0.25) is 4.79 Å². The second kappa shape index (κ2) is 8.29. The lowest BCUT2D eigenvalue weighted by Gasteiger charge is -2.15. The quantitative estimate of drug-likeness (QED) is 0.680. The summed E-state index contributed by atoms with van der Waals surface area (Å²) < 4.78 is 4.96. The van der Waals surface area contributed by atoms with Crippen molar-refractivity contribution in [2.75, 3.05) is 6.54 Å². The molecule has 0 saturated carbocycles. The van der Waals surface area contributed by atoms with E-state index in [9.17, 15) is 19.8 Å². The third kappa shape index (κ3) is 5.81. The minimum Gasteiger partial charge on any atom is -0.445 e. The van der Waals surface area contributed by atoms with Crippen LogP contribution in [0, 0.1) is 0 Å². The zero-order valence-corrected chi connectivity index (χ0v) is 11.3. The molecule has 0 aliphatic rings. The van der Waals surface area contributed by atoms with Crippen molar-refractivity contribution in [3.8, 4) is 0 Å². The number of Topliss-reactive ketones (excluding diaryl/α,β-unsaturated/α-hetero) is 1. The average molecular weight is 281 g/mol. The first-order valence-corrected chi connectivity index (χ1v) is 6.32. The van der Waals surface area contributed by atoms with E-state index in [4.69, 9.17) is 4.74 Å². The molecule has 0 fully saturated rings. The molecule has 0 aromatic heterocycles. The van der Waals surface area contributed by atoms with Crippen LogP contribution in [0.5, 0.6) is 0 Å². The van der Waals surface area contributed by atoms with Crippen LogP contribution < -0.4 is 5.32 Å². The average Bonchev–Trinajstić information content (AvgIpc) is 2.45. The zero-order chi connectivity index (χ0) is 15.0. The molecule has 0 aliphatic carbocycles. The van der Waals surface area contributed by atoms with Gasteiger partial charge in [-0.25, -0.2) is 4.79 Å². The van der Waals surface area contributed by atoms with Gasteiger partial charge in [0.15, 0.2) is 5.78 Å². The number of nitrogens with one attached hydrogen (secondary N) is 1. The maximum absolute atomic E-state index is 11.4. The normalized spacial score (nSPS) is 13.3. The first-order chi connectivity index (χ1) is 9.50. The number of ketones is 1. The molecule has 1 amide bonds. The summed E-state index contributed by atoms with van der Waals surface area (Å²) in [5, 5.41) is 21.1. The number of carbonyl (C=O) groups excluding carboxylic acids is 2. The molecule has 110 valence electrons. The van der Waals surface area contributed by atoms with Crippen molar-refractivity contribution in [2.24, 2.45) is 0 Å². The van der Waals surface area contributed by atoms with Crippen LogP contribution in [0.15, 0.2) is 30.3 Å². The highest BCUT2D eigenvalue weighted by Gasteiger charge is 2.20. The molecule has 3 N–H and O–H groups in total. The lowest BCUT2D eigenvalue weighted by molar-refractivity contribution is -0.130. The molecular weight excluding hydrogens is 262 g/mol. The number of amides is 1. The van der Waals surface area contributed by atoms with E-state index in [-0.39, 0.29) is 19.6 Å². The van der Waals surface area contributed by atoms with Gasteiger partial charge in [-0.1, -0.05) is 30.3 Å². The fourth-order valence-electron chi connectivity index (χ4n) is 1.53. The third-order valence-electron chi connectivity index (χ3n) is 2.70. The molecule has 1 rings (SSSR count). The number of aliphatic hydroxyl groups is 2. The molecule has 0 unspecified atom stereocenters. The lowest BCUT2D eigenvalue weighted by atomic mass is 10.1. The Hall–Kier alpha value is -1.92. The molecule has 1 aromatic rings. The van der Waals surface area contributed by atoms with Gasteiger partial charge in [-0.2, -0.15) is 0 Å². The van der Waals surface area contributed by atoms with E-state index >= 15 is 0 Å². The Morgan fingerprint density at radius 3 is 2.50 bits per heavy atom. The Labute approximate surface area is 117 Å². The smallest absolute Gasteiger partial charge is 0.407 e. The predicted octanol–water partition coefficient (Wildman–Crippen LogP) is 0.614. The van der Waals surface area contributed by atoms with Crippen molar-refractivity contribution in [1.82, 2.24) is 5.32 Å². The summed E-state index contributed by atoms with van der Waals surface area (Å²) in [6.45, 7) is 1.46. The van der Waals surface area contributed by atoms with E-state index in [1.54, 1.807) is 0 Å². The van der Waals surface area contributed by atoms with E-state index in [2.05, 4.69) is 5.32 Å². The predicted molar refractivity (Wildman–Crippen MR) is 71.9 cm³/mol. The number of hydrogen-bond donors (Lipinski definition) is 3. The number of aliphatic hydroxyl groups excluding tert-OH is 2. The van der Waals surface area contributed by atoms with Gasteiger partial charge in [0, 0.05) is 6.54 Å². The minimum absolute atomic E-state index is 0.0706. The molecule has 20 heavy (non-hydrogen) atoms. The molecular formula is C14H19NO5. The summed E-state index contributed by atoms with van der Waals surface area (Å²) in [5.41, 5.74) is 0.870. The van der Waals surface area contributed by atoms with Gasteiger partial charge in [-0.05, 0) is 18.9 Å². The molecule has 6 nitrogen and oxygen atoms in total. The first-order valence-electron chi connectivity index (χ1n) is 6.32. The molecule has 1 aromatic carbocycles. The van der Waals surface area contributed by atoms with E-state index < -0.39 is 24.1 Å². The molecule has 0 aliphatic heterocycles. The maximum atomic E-state index is 11.4. The SMILES string of the molecule is CC(=O)[C@@H](O)[C@H](O)CCNC(=O)OCc1ccccc1. The standard InChI is InChI=1S/C14H19NO5/c1-10(16)13(18)12(17)7-8-15-14(19)20-9-11-5-3-2-4-6-11/h2-6,12-13,17-18H,7-9H2,1H3,(H,15,19)/t12-,13-/m1/s1. The summed E-state index contributed by atoms with van der Waals surface area (Å²) in [6, 6.07) is 9.22. The van der Waals surface area contributed by atoms with Gasteiger partial charge in [-0.15, -0.1) is 0 Å². The van der Waals surface area contributed by atoms with E-state index in [1.165, 1.54) is 6.92 Å². The van der Waals surface area contributed by atoms with Crippen LogP contribution in [0.2, 0.25) is 0 Å². The van der Waals surface area contributed by atoms with E-state index in [0.717, 1.165) is 5.56 Å². The van der Waals surface area contributed by atoms with Crippen molar-refractivity contribution in [3.63, 3.8) is 0 Å². The van der Waals surface area contributed by atoms with Crippen LogP contribution in [0.3, 0.4) is 0 Å². The van der Waals surface area contributed by atoms with Gasteiger partial charge >= 0.3 is 6.09 Å². The Balaban J connectivity index is 2.19. The molecule has 0 saturated heterocycles. The van der Waals surface area contributed by atoms with Crippen LogP contribution >= 0.6 is 0 Å². The molecule has 0 radical (unpaired) electrons. The fraction of sp³-hybridized carbons (Fsp3) is 0.429. The van der Waals surface area contributed by atoms with Gasteiger partial charge in [0.1, 0.15) is 12.7 Å². The Morgan fingerprint density at radius 1 is 1.25 bits per heavy atom. The van der Waals surface area contributed by atoms with Gasteiger partial charge in [0.2, 0.25) is 0 Å². The molecule has 6 heteroatoms. The zero-order valence-electron chi connectivity index (χ0n) is 11.3. The highest BCUT2D eigenvalue weighted by molar-refractivity contribution is 5.80. The van der Waals surface area contributed by atoms with Crippen molar-refractivity contribution < 1.29 is 24.5 Å². The Kier molecular flexibility index (Phi) is 6.69. The number of benzene rings is 1. The minimum atomic E-state index is -1.42. The van der Waals surface area contributed by atoms with Crippen molar-refractivity contribution >= 4 is 11.9 Å². The fourth-order valence-corrected chi connectivity index (χ4v) is 1.53. The number of rotatable bonds is 7. The molecule has 2 atom stereocenters. The van der Waals surface area contributed by atoms with Crippen LogP contribution in [0.25, 0.3) is 0 Å². The van der Waals surface area contributed by atoms with Crippen molar-refractivity contribution in [3.05, 3.63) is 35.9 Å². The number of alkyl carbamates (subject to hydrolysis) is 1. The molecule has 0 heterocycles. The van der Waals surface area contributed by atoms with Crippen LogP contribution in [0.1, 0.15) is 18.9 Å². The number of ether oxygens (including phenoxy) is 1. The summed E-state index contributed by atoms with van der Waals surface area (Å²) in [7, 11) is 0. The van der Waals surface area contributed by atoms with Gasteiger partial charge < -0.3 is 20.3 Å². The van der Waals surface area contributed by atoms with Gasteiger partial charge in [0.25, 0.3) is 0 Å². The first kappa shape index (κ1) is 16.1. The largest absolute Gasteiger partial charge is 0.445 e. The number of carbonyl (C=O) groups is 2. The Bertz CT molecular complexity index is 434. The second-order valence-electron chi connectivity index (χ2n) is 4.40. The van der Waals surface area contributed by atoms with E-state index in [1.807, 2.05) is 30.3 Å². The second-order valence-corrected chi connectivity index (χ2v) is 4.40. The molecule has 0 bridgehead atoms. The number of hydrogen-bond acceptors (Lipinski definition) is 5. The maximum Gasteiger partial charge on any atom is 0.407 e. The van der Waals surface area contributed by atoms with E-state index in [0.29, 0.717) is 0 Å². The van der Waals surface area contributed by atoms with Crippen molar-refractivity contribution in [2.45, 2.75) is 32.2 Å². The summed E-state index contributed by atoms with van der Waals surface area (Å²) in [6.07, 6.45) is -3.15.